The molecule has 0 unspecified atom stereocenters. The summed E-state index contributed by atoms with van der Waals surface area (Å²) in [7, 11) is -3.47. The molecule has 0 saturated carbocycles. The maximum atomic E-state index is 13.8. The van der Waals surface area contributed by atoms with E-state index in [1.165, 1.54) is 12.1 Å². The van der Waals surface area contributed by atoms with E-state index in [4.69, 9.17) is 4.74 Å². The van der Waals surface area contributed by atoms with Crippen molar-refractivity contribution in [2.75, 3.05) is 24.6 Å². The van der Waals surface area contributed by atoms with Crippen molar-refractivity contribution in [2.24, 2.45) is 0 Å². The molecule has 23 heavy (non-hydrogen) atoms. The molecule has 2 saturated heterocycles. The van der Waals surface area contributed by atoms with Crippen LogP contribution in [0.15, 0.2) is 18.2 Å². The maximum absolute atomic E-state index is 13.8. The topological polar surface area (TPSA) is 58.6 Å². The van der Waals surface area contributed by atoms with Crippen molar-refractivity contribution in [2.45, 2.75) is 37.2 Å². The Bertz CT molecular complexity index is 683. The Morgan fingerprint density at radius 2 is 2.09 bits per heavy atom. The number of ether oxygens (including phenoxy) is 1. The first-order valence-electron chi connectivity index (χ1n) is 7.69. The molecule has 5 nitrogen and oxygen atoms in total. The van der Waals surface area contributed by atoms with E-state index in [-0.39, 0.29) is 12.1 Å². The smallest absolute Gasteiger partial charge is 0.217 e. The Balaban J connectivity index is 1.66. The standard InChI is InChI=1S/C15H20F2N2O3S/c1-10-15(5-7-22-10)23(20,21)18-12-4-6-19(9-12)14-3-2-11(16)8-13(14)17/h2-3,8,10,12,15,18H,4-7,9H2,1H3/t10-,12-,15+/m0/s1. The zero-order valence-electron chi connectivity index (χ0n) is 12.8. The second kappa shape index (κ2) is 6.33. The van der Waals surface area contributed by atoms with Gasteiger partial charge in [0.05, 0.1) is 11.8 Å². The summed E-state index contributed by atoms with van der Waals surface area (Å²) in [5.41, 5.74) is 0.297. The normalized spacial score (nSPS) is 28.5. The number of benzene rings is 1. The number of anilines is 1. The highest BCUT2D eigenvalue weighted by Crippen LogP contribution is 2.26. The van der Waals surface area contributed by atoms with E-state index in [0.29, 0.717) is 38.2 Å². The summed E-state index contributed by atoms with van der Waals surface area (Å²) in [4.78, 5) is 1.73. The molecule has 2 aliphatic heterocycles. The van der Waals surface area contributed by atoms with Crippen LogP contribution in [0.2, 0.25) is 0 Å². The first-order chi connectivity index (χ1) is 10.9. The first kappa shape index (κ1) is 16.6. The summed E-state index contributed by atoms with van der Waals surface area (Å²) < 4.78 is 59.7. The van der Waals surface area contributed by atoms with Gasteiger partial charge in [-0.25, -0.2) is 21.9 Å². The molecule has 2 aliphatic rings. The summed E-state index contributed by atoms with van der Waals surface area (Å²) in [5.74, 6) is -1.26. The lowest BCUT2D eigenvalue weighted by Gasteiger charge is -2.21. The van der Waals surface area contributed by atoms with Crippen LogP contribution in [0.25, 0.3) is 0 Å². The molecule has 3 atom stereocenters. The van der Waals surface area contributed by atoms with Crippen LogP contribution in [-0.2, 0) is 14.8 Å². The van der Waals surface area contributed by atoms with E-state index in [9.17, 15) is 17.2 Å². The van der Waals surface area contributed by atoms with Gasteiger partial charge in [0.15, 0.2) is 0 Å². The van der Waals surface area contributed by atoms with E-state index in [2.05, 4.69) is 4.72 Å². The van der Waals surface area contributed by atoms with Gasteiger partial charge in [0.25, 0.3) is 0 Å². The van der Waals surface area contributed by atoms with Crippen molar-refractivity contribution in [1.29, 1.82) is 0 Å². The van der Waals surface area contributed by atoms with E-state index in [1.807, 2.05) is 0 Å². The lowest BCUT2D eigenvalue weighted by atomic mass is 10.2. The van der Waals surface area contributed by atoms with Gasteiger partial charge in [0.1, 0.15) is 16.9 Å². The third-order valence-corrected chi connectivity index (χ3v) is 6.55. The van der Waals surface area contributed by atoms with Crippen LogP contribution in [0.1, 0.15) is 19.8 Å². The molecule has 0 radical (unpaired) electrons. The minimum atomic E-state index is -3.47. The fourth-order valence-electron chi connectivity index (χ4n) is 3.25. The minimum Gasteiger partial charge on any atom is -0.377 e. The second-order valence-electron chi connectivity index (χ2n) is 6.09. The molecule has 0 bridgehead atoms. The third-order valence-electron chi connectivity index (χ3n) is 4.47. The first-order valence-corrected chi connectivity index (χ1v) is 9.24. The number of halogens is 2. The zero-order valence-corrected chi connectivity index (χ0v) is 13.7. The zero-order chi connectivity index (χ0) is 16.6. The van der Waals surface area contributed by atoms with E-state index in [1.54, 1.807) is 11.8 Å². The molecule has 3 rings (SSSR count). The molecule has 0 amide bonds. The molecule has 1 N–H and O–H groups in total. The highest BCUT2D eigenvalue weighted by molar-refractivity contribution is 7.90. The van der Waals surface area contributed by atoms with Crippen LogP contribution in [-0.4, -0.2) is 45.5 Å². The van der Waals surface area contributed by atoms with Crippen LogP contribution in [0.3, 0.4) is 0 Å². The van der Waals surface area contributed by atoms with Crippen molar-refractivity contribution < 1.29 is 21.9 Å². The van der Waals surface area contributed by atoms with Gasteiger partial charge in [-0.15, -0.1) is 0 Å². The number of rotatable bonds is 4. The van der Waals surface area contributed by atoms with Gasteiger partial charge in [0.2, 0.25) is 10.0 Å². The van der Waals surface area contributed by atoms with Gasteiger partial charge in [-0.2, -0.15) is 0 Å². The Morgan fingerprint density at radius 3 is 2.74 bits per heavy atom. The molecular formula is C15H20F2N2O3S. The molecule has 0 aliphatic carbocycles. The Labute approximate surface area is 134 Å². The number of nitrogens with one attached hydrogen (secondary N) is 1. The molecule has 8 heteroatoms. The van der Waals surface area contributed by atoms with Crippen molar-refractivity contribution in [3.05, 3.63) is 29.8 Å². The Hall–Kier alpha value is -1.25. The predicted molar refractivity (Wildman–Crippen MR) is 82.9 cm³/mol. The molecule has 0 aromatic heterocycles. The van der Waals surface area contributed by atoms with Gasteiger partial charge >= 0.3 is 0 Å². The second-order valence-corrected chi connectivity index (χ2v) is 8.02. The predicted octanol–water partition coefficient (Wildman–Crippen LogP) is 1.64. The summed E-state index contributed by atoms with van der Waals surface area (Å²) >= 11 is 0. The monoisotopic (exact) mass is 346 g/mol. The average molecular weight is 346 g/mol. The van der Waals surface area contributed by atoms with E-state index in [0.717, 1.165) is 6.07 Å². The Kier molecular flexibility index (Phi) is 4.57. The van der Waals surface area contributed by atoms with Gasteiger partial charge in [-0.05, 0) is 31.9 Å². The lowest BCUT2D eigenvalue weighted by molar-refractivity contribution is 0.126. The summed E-state index contributed by atoms with van der Waals surface area (Å²) in [6.45, 7) is 3.09. The quantitative estimate of drug-likeness (QED) is 0.900. The molecule has 2 fully saturated rings. The minimum absolute atomic E-state index is 0.280. The summed E-state index contributed by atoms with van der Waals surface area (Å²) in [6.07, 6.45) is 0.747. The van der Waals surface area contributed by atoms with Crippen LogP contribution < -0.4 is 9.62 Å². The molecule has 128 valence electrons. The largest absolute Gasteiger partial charge is 0.377 e. The van der Waals surface area contributed by atoms with Crippen molar-refractivity contribution in [1.82, 2.24) is 4.72 Å². The van der Waals surface area contributed by atoms with Crippen LogP contribution in [0.5, 0.6) is 0 Å². The summed E-state index contributed by atoms with van der Waals surface area (Å²) in [6, 6.07) is 3.14. The van der Waals surface area contributed by atoms with Crippen molar-refractivity contribution in [3.63, 3.8) is 0 Å². The van der Waals surface area contributed by atoms with Crippen molar-refractivity contribution in [3.8, 4) is 0 Å². The number of nitrogens with zero attached hydrogens (tertiary/aromatic N) is 1. The molecule has 2 heterocycles. The van der Waals surface area contributed by atoms with E-state index < -0.39 is 26.9 Å². The lowest BCUT2D eigenvalue weighted by Crippen LogP contribution is -2.44. The number of hydrogen-bond acceptors (Lipinski definition) is 4. The van der Waals surface area contributed by atoms with Crippen LogP contribution in [0, 0.1) is 11.6 Å². The third kappa shape index (κ3) is 3.49. The molecule has 1 aromatic rings. The van der Waals surface area contributed by atoms with E-state index >= 15 is 0 Å². The molecular weight excluding hydrogens is 326 g/mol. The number of hydrogen-bond donors (Lipinski definition) is 1. The number of sulfonamides is 1. The fourth-order valence-corrected chi connectivity index (χ4v) is 5.07. The van der Waals surface area contributed by atoms with Crippen LogP contribution in [0.4, 0.5) is 14.5 Å². The maximum Gasteiger partial charge on any atom is 0.217 e. The van der Waals surface area contributed by atoms with Gasteiger partial charge < -0.3 is 9.64 Å². The van der Waals surface area contributed by atoms with Crippen LogP contribution >= 0.6 is 0 Å². The van der Waals surface area contributed by atoms with Gasteiger partial charge in [-0.3, -0.25) is 0 Å². The molecule has 1 aromatic carbocycles. The van der Waals surface area contributed by atoms with Crippen molar-refractivity contribution >= 4 is 15.7 Å². The van der Waals surface area contributed by atoms with Gasteiger partial charge in [0, 0.05) is 31.8 Å². The average Bonchev–Trinajstić information content (AvgIpc) is 3.08. The SMILES string of the molecule is C[C@@H]1OCC[C@H]1S(=O)(=O)N[C@H]1CCN(c2ccc(F)cc2F)C1. The fraction of sp³-hybridized carbons (Fsp3) is 0.600. The Morgan fingerprint density at radius 1 is 1.30 bits per heavy atom. The molecule has 0 spiro atoms. The van der Waals surface area contributed by atoms with Gasteiger partial charge in [-0.1, -0.05) is 0 Å². The summed E-state index contributed by atoms with van der Waals surface area (Å²) in [5, 5.41) is -0.542. The highest BCUT2D eigenvalue weighted by Gasteiger charge is 2.38. The highest BCUT2D eigenvalue weighted by atomic mass is 32.2.